The van der Waals surface area contributed by atoms with Gasteiger partial charge in [0.25, 0.3) is 0 Å². The summed E-state index contributed by atoms with van der Waals surface area (Å²) in [5.41, 5.74) is 2.31. The maximum Gasteiger partial charge on any atom is 0.144 e. The molecule has 2 rings (SSSR count). The van der Waals surface area contributed by atoms with E-state index in [0.29, 0.717) is 21.6 Å². The normalized spacial score (nSPS) is 11.4. The van der Waals surface area contributed by atoms with Crippen molar-refractivity contribution >= 4 is 17.6 Å². The highest BCUT2D eigenvalue weighted by molar-refractivity contribution is 7.99. The van der Waals surface area contributed by atoms with Gasteiger partial charge >= 0.3 is 0 Å². The molecule has 3 N–H and O–H groups in total. The Balaban J connectivity index is 2.39. The van der Waals surface area contributed by atoms with Crippen molar-refractivity contribution in [1.29, 1.82) is 0 Å². The van der Waals surface area contributed by atoms with E-state index in [-0.39, 0.29) is 11.2 Å². The lowest BCUT2D eigenvalue weighted by atomic mass is 9.96. The Labute approximate surface area is 122 Å². The van der Waals surface area contributed by atoms with E-state index in [1.165, 1.54) is 17.8 Å². The number of rotatable bonds is 3. The number of aromatic nitrogens is 2. The number of benzene rings is 1. The van der Waals surface area contributed by atoms with Crippen molar-refractivity contribution in [1.82, 2.24) is 9.97 Å². The van der Waals surface area contributed by atoms with Crippen molar-refractivity contribution in [3.63, 3.8) is 0 Å². The third kappa shape index (κ3) is 3.46. The van der Waals surface area contributed by atoms with Crippen molar-refractivity contribution in [2.45, 2.75) is 36.1 Å². The zero-order valence-corrected chi connectivity index (χ0v) is 12.5. The Bertz CT molecular complexity index is 610. The van der Waals surface area contributed by atoms with Crippen LogP contribution in [-0.2, 0) is 5.41 Å². The van der Waals surface area contributed by atoms with E-state index in [0.717, 1.165) is 0 Å². The summed E-state index contributed by atoms with van der Waals surface area (Å²) in [6.07, 6.45) is 0. The molecule has 20 heavy (non-hydrogen) atoms. The number of hydrazine groups is 1. The molecule has 0 spiro atoms. The zero-order chi connectivity index (χ0) is 14.8. The van der Waals surface area contributed by atoms with Crippen LogP contribution in [0.25, 0.3) is 0 Å². The van der Waals surface area contributed by atoms with Crippen LogP contribution >= 0.6 is 11.8 Å². The highest BCUT2D eigenvalue weighted by Crippen LogP contribution is 2.31. The lowest BCUT2D eigenvalue weighted by Gasteiger charge is -2.18. The standard InChI is InChI=1S/C14H17FN4S/c1-14(2,3)13-17-11(19-16)8-12(18-13)20-10-7-5-4-6-9(10)15/h4-8H,16H2,1-3H3,(H,17,18,19). The molecule has 0 amide bonds. The third-order valence-corrected chi connectivity index (χ3v) is 3.54. The molecule has 0 aliphatic rings. The van der Waals surface area contributed by atoms with Crippen LogP contribution in [0.1, 0.15) is 26.6 Å². The first-order chi connectivity index (χ1) is 9.40. The second-order valence-corrected chi connectivity index (χ2v) is 6.40. The summed E-state index contributed by atoms with van der Waals surface area (Å²) in [6.45, 7) is 6.04. The van der Waals surface area contributed by atoms with Gasteiger partial charge in [-0.1, -0.05) is 44.7 Å². The van der Waals surface area contributed by atoms with Gasteiger partial charge < -0.3 is 5.43 Å². The number of nitrogens with one attached hydrogen (secondary N) is 1. The minimum atomic E-state index is -0.268. The zero-order valence-electron chi connectivity index (χ0n) is 11.6. The van der Waals surface area contributed by atoms with Crippen LogP contribution in [0, 0.1) is 5.82 Å². The highest BCUT2D eigenvalue weighted by atomic mass is 32.2. The molecule has 0 aliphatic carbocycles. The Kier molecular flexibility index (Phi) is 4.25. The minimum Gasteiger partial charge on any atom is -0.308 e. The van der Waals surface area contributed by atoms with Crippen molar-refractivity contribution < 1.29 is 4.39 Å². The molecule has 0 fully saturated rings. The fraction of sp³-hybridized carbons (Fsp3) is 0.286. The summed E-state index contributed by atoms with van der Waals surface area (Å²) in [4.78, 5) is 9.33. The Hall–Kier alpha value is -1.66. The minimum absolute atomic E-state index is 0.211. The van der Waals surface area contributed by atoms with Crippen molar-refractivity contribution in [2.24, 2.45) is 5.84 Å². The van der Waals surface area contributed by atoms with E-state index in [1.54, 1.807) is 24.3 Å². The summed E-state index contributed by atoms with van der Waals surface area (Å²) in [5.74, 6) is 6.34. The SMILES string of the molecule is CC(C)(C)c1nc(NN)cc(Sc2ccccc2F)n1. The molecule has 1 heterocycles. The predicted molar refractivity (Wildman–Crippen MR) is 79.1 cm³/mol. The van der Waals surface area contributed by atoms with Gasteiger partial charge in [-0.3, -0.25) is 0 Å². The van der Waals surface area contributed by atoms with Crippen LogP contribution < -0.4 is 11.3 Å². The number of nitrogen functional groups attached to an aromatic ring is 1. The molecule has 0 bridgehead atoms. The van der Waals surface area contributed by atoms with E-state index in [1.807, 2.05) is 20.8 Å². The lowest BCUT2D eigenvalue weighted by Crippen LogP contribution is -2.19. The first-order valence-electron chi connectivity index (χ1n) is 6.19. The topological polar surface area (TPSA) is 63.8 Å². The molecule has 0 radical (unpaired) electrons. The van der Waals surface area contributed by atoms with Gasteiger partial charge in [-0.05, 0) is 12.1 Å². The van der Waals surface area contributed by atoms with Crippen LogP contribution in [0.15, 0.2) is 40.3 Å². The summed E-state index contributed by atoms with van der Waals surface area (Å²) >= 11 is 1.25. The van der Waals surface area contributed by atoms with Crippen molar-refractivity contribution in [2.75, 3.05) is 5.43 Å². The lowest BCUT2D eigenvalue weighted by molar-refractivity contribution is 0.539. The summed E-state index contributed by atoms with van der Waals surface area (Å²) in [5, 5.41) is 0.656. The molecule has 0 unspecified atom stereocenters. The van der Waals surface area contributed by atoms with Gasteiger partial charge in [-0.25, -0.2) is 20.2 Å². The average Bonchev–Trinajstić information content (AvgIpc) is 2.40. The molecular formula is C14H17FN4S. The van der Waals surface area contributed by atoms with E-state index in [2.05, 4.69) is 15.4 Å². The summed E-state index contributed by atoms with van der Waals surface area (Å²) < 4.78 is 13.7. The van der Waals surface area contributed by atoms with Crippen molar-refractivity contribution in [3.8, 4) is 0 Å². The fourth-order valence-corrected chi connectivity index (χ4v) is 2.37. The summed E-state index contributed by atoms with van der Waals surface area (Å²) in [7, 11) is 0. The fourth-order valence-electron chi connectivity index (χ4n) is 1.53. The molecule has 0 saturated heterocycles. The number of hydrogen-bond acceptors (Lipinski definition) is 5. The first-order valence-corrected chi connectivity index (χ1v) is 7.00. The third-order valence-electron chi connectivity index (χ3n) is 2.57. The molecule has 0 atom stereocenters. The van der Waals surface area contributed by atoms with Gasteiger partial charge in [0, 0.05) is 16.4 Å². The average molecular weight is 292 g/mol. The largest absolute Gasteiger partial charge is 0.308 e. The second-order valence-electron chi connectivity index (χ2n) is 5.34. The molecule has 1 aromatic heterocycles. The Morgan fingerprint density at radius 1 is 1.20 bits per heavy atom. The van der Waals surface area contributed by atoms with E-state index >= 15 is 0 Å². The number of anilines is 1. The van der Waals surface area contributed by atoms with E-state index in [4.69, 9.17) is 5.84 Å². The van der Waals surface area contributed by atoms with Crippen LogP contribution in [0.4, 0.5) is 10.2 Å². The molecule has 0 saturated carbocycles. The van der Waals surface area contributed by atoms with Crippen LogP contribution in [0.3, 0.4) is 0 Å². The molecule has 1 aromatic carbocycles. The molecule has 106 valence electrons. The number of halogens is 1. The van der Waals surface area contributed by atoms with E-state index in [9.17, 15) is 4.39 Å². The second kappa shape index (κ2) is 5.76. The van der Waals surface area contributed by atoms with Crippen molar-refractivity contribution in [3.05, 3.63) is 42.0 Å². The Morgan fingerprint density at radius 2 is 1.90 bits per heavy atom. The maximum atomic E-state index is 13.7. The first kappa shape index (κ1) is 14.7. The van der Waals surface area contributed by atoms with E-state index < -0.39 is 0 Å². The molecular weight excluding hydrogens is 275 g/mol. The van der Waals surface area contributed by atoms with Gasteiger partial charge in [0.15, 0.2) is 0 Å². The number of nitrogens with zero attached hydrogens (tertiary/aromatic N) is 2. The van der Waals surface area contributed by atoms with Crippen LogP contribution in [-0.4, -0.2) is 9.97 Å². The maximum absolute atomic E-state index is 13.7. The summed E-state index contributed by atoms with van der Waals surface area (Å²) in [6, 6.07) is 8.29. The number of nitrogens with two attached hydrogens (primary N) is 1. The van der Waals surface area contributed by atoms with Crippen LogP contribution in [0.2, 0.25) is 0 Å². The monoisotopic (exact) mass is 292 g/mol. The van der Waals surface area contributed by atoms with Gasteiger partial charge in [-0.2, -0.15) is 0 Å². The smallest absolute Gasteiger partial charge is 0.144 e. The molecule has 4 nitrogen and oxygen atoms in total. The predicted octanol–water partition coefficient (Wildman–Crippen LogP) is 3.35. The molecule has 0 aliphatic heterocycles. The van der Waals surface area contributed by atoms with Crippen LogP contribution in [0.5, 0.6) is 0 Å². The molecule has 2 aromatic rings. The number of hydrogen-bond donors (Lipinski definition) is 2. The Morgan fingerprint density at radius 3 is 2.50 bits per heavy atom. The highest BCUT2D eigenvalue weighted by Gasteiger charge is 2.19. The van der Waals surface area contributed by atoms with Gasteiger partial charge in [0.1, 0.15) is 22.5 Å². The van der Waals surface area contributed by atoms with Gasteiger partial charge in [0.05, 0.1) is 0 Å². The quantitative estimate of drug-likeness (QED) is 0.516. The van der Waals surface area contributed by atoms with Gasteiger partial charge in [-0.15, -0.1) is 0 Å². The van der Waals surface area contributed by atoms with Gasteiger partial charge in [0.2, 0.25) is 0 Å². The molecule has 6 heteroatoms.